The van der Waals surface area contributed by atoms with Gasteiger partial charge in [-0.1, -0.05) is 41.9 Å². The maximum Gasteiger partial charge on any atom is 0.181 e. The first kappa shape index (κ1) is 15.8. The van der Waals surface area contributed by atoms with E-state index < -0.39 is 0 Å². The third-order valence-electron chi connectivity index (χ3n) is 4.12. The Hall–Kier alpha value is -2.10. The first-order valence-electron chi connectivity index (χ1n) is 7.68. The van der Waals surface area contributed by atoms with Gasteiger partial charge in [0.25, 0.3) is 0 Å². The fourth-order valence-corrected chi connectivity index (χ4v) is 2.93. The van der Waals surface area contributed by atoms with Crippen molar-refractivity contribution < 1.29 is 4.79 Å². The summed E-state index contributed by atoms with van der Waals surface area (Å²) in [5, 5.41) is 5.04. The van der Waals surface area contributed by atoms with Crippen molar-refractivity contribution in [2.45, 2.75) is 25.9 Å². The van der Waals surface area contributed by atoms with Crippen molar-refractivity contribution >= 4 is 28.3 Å². The van der Waals surface area contributed by atoms with Gasteiger partial charge < -0.3 is 10.3 Å². The quantitative estimate of drug-likeness (QED) is 0.665. The summed E-state index contributed by atoms with van der Waals surface area (Å²) in [6.07, 6.45) is 1.79. The van der Waals surface area contributed by atoms with E-state index in [1.54, 1.807) is 6.20 Å². The monoisotopic (exact) mass is 326 g/mol. The van der Waals surface area contributed by atoms with Crippen LogP contribution in [0.15, 0.2) is 54.7 Å². The lowest BCUT2D eigenvalue weighted by Crippen LogP contribution is -2.35. The van der Waals surface area contributed by atoms with Crippen LogP contribution in [0.4, 0.5) is 0 Å². The molecule has 118 valence electrons. The Bertz CT molecular complexity index is 823. The number of rotatable bonds is 5. The van der Waals surface area contributed by atoms with Crippen molar-refractivity contribution in [1.82, 2.24) is 10.3 Å². The van der Waals surface area contributed by atoms with Gasteiger partial charge in [0, 0.05) is 33.7 Å². The molecule has 1 aromatic heterocycles. The normalized spacial score (nSPS) is 13.9. The molecule has 3 nitrogen and oxygen atoms in total. The van der Waals surface area contributed by atoms with Gasteiger partial charge in [0.15, 0.2) is 5.78 Å². The minimum absolute atomic E-state index is 0.0661. The molecule has 0 spiro atoms. The van der Waals surface area contributed by atoms with Crippen LogP contribution in [-0.2, 0) is 0 Å². The number of benzene rings is 2. The van der Waals surface area contributed by atoms with Gasteiger partial charge in [0.05, 0.1) is 6.04 Å². The van der Waals surface area contributed by atoms with E-state index in [4.69, 9.17) is 11.6 Å². The predicted molar refractivity (Wildman–Crippen MR) is 95.1 cm³/mol. The molecule has 0 fully saturated rings. The number of carbonyl (C=O) groups is 1. The van der Waals surface area contributed by atoms with Crippen molar-refractivity contribution in [2.75, 3.05) is 0 Å². The van der Waals surface area contributed by atoms with Crippen molar-refractivity contribution in [3.05, 3.63) is 70.9 Å². The second-order valence-corrected chi connectivity index (χ2v) is 6.21. The summed E-state index contributed by atoms with van der Waals surface area (Å²) < 4.78 is 0. The van der Waals surface area contributed by atoms with Gasteiger partial charge in [-0.2, -0.15) is 0 Å². The Kier molecular flexibility index (Phi) is 4.51. The molecule has 2 aromatic carbocycles. The molecule has 0 radical (unpaired) electrons. The van der Waals surface area contributed by atoms with Gasteiger partial charge in [0.1, 0.15) is 0 Å². The Morgan fingerprint density at radius 2 is 1.78 bits per heavy atom. The number of carbonyl (C=O) groups excluding carboxylic acids is 1. The van der Waals surface area contributed by atoms with Crippen LogP contribution < -0.4 is 5.32 Å². The largest absolute Gasteiger partial charge is 0.360 e. The average Bonchev–Trinajstić information content (AvgIpc) is 2.98. The van der Waals surface area contributed by atoms with Crippen LogP contribution >= 0.6 is 11.6 Å². The molecular weight excluding hydrogens is 308 g/mol. The number of hydrogen-bond acceptors (Lipinski definition) is 2. The number of H-pyrrole nitrogens is 1. The number of halogens is 1. The summed E-state index contributed by atoms with van der Waals surface area (Å²) >= 11 is 5.92. The molecule has 0 saturated carbocycles. The molecule has 4 heteroatoms. The third-order valence-corrected chi connectivity index (χ3v) is 4.37. The van der Waals surface area contributed by atoms with Crippen molar-refractivity contribution in [2.24, 2.45) is 0 Å². The molecule has 0 aliphatic carbocycles. The van der Waals surface area contributed by atoms with Crippen LogP contribution in [0.2, 0.25) is 5.02 Å². The minimum Gasteiger partial charge on any atom is -0.360 e. The standard InChI is InChI=1S/C19H19ClN2O/c1-12(14-7-9-15(20)10-8-14)22-13(2)19(23)17-11-21-18-6-4-3-5-16(17)18/h3-13,21-22H,1-2H3/t12-,13+/m0/s1. The Morgan fingerprint density at radius 1 is 1.09 bits per heavy atom. The Balaban J connectivity index is 1.76. The highest BCUT2D eigenvalue weighted by molar-refractivity contribution is 6.30. The summed E-state index contributed by atoms with van der Waals surface area (Å²) in [5.41, 5.74) is 2.81. The van der Waals surface area contributed by atoms with Gasteiger partial charge in [-0.05, 0) is 37.6 Å². The number of aromatic amines is 1. The van der Waals surface area contributed by atoms with E-state index in [2.05, 4.69) is 10.3 Å². The summed E-state index contributed by atoms with van der Waals surface area (Å²) in [6, 6.07) is 15.3. The summed E-state index contributed by atoms with van der Waals surface area (Å²) in [6.45, 7) is 3.94. The van der Waals surface area contributed by atoms with E-state index in [9.17, 15) is 4.79 Å². The molecule has 2 N–H and O–H groups in total. The maximum absolute atomic E-state index is 12.7. The molecule has 1 heterocycles. The van der Waals surface area contributed by atoms with E-state index in [0.29, 0.717) is 5.02 Å². The molecule has 0 bridgehead atoms. The smallest absolute Gasteiger partial charge is 0.181 e. The maximum atomic E-state index is 12.7. The molecule has 2 atom stereocenters. The number of Topliss-reactive ketones (excluding diaryl/α,β-unsaturated/α-hetero) is 1. The molecular formula is C19H19ClN2O. The molecule has 0 aliphatic rings. The second kappa shape index (κ2) is 6.57. The molecule has 23 heavy (non-hydrogen) atoms. The Morgan fingerprint density at radius 3 is 2.52 bits per heavy atom. The Labute approximate surface area is 140 Å². The highest BCUT2D eigenvalue weighted by Crippen LogP contribution is 2.21. The van der Waals surface area contributed by atoms with E-state index >= 15 is 0 Å². The minimum atomic E-state index is -0.278. The van der Waals surface area contributed by atoms with Crippen LogP contribution in [0.5, 0.6) is 0 Å². The van der Waals surface area contributed by atoms with Gasteiger partial charge in [-0.25, -0.2) is 0 Å². The van der Waals surface area contributed by atoms with Gasteiger partial charge in [0.2, 0.25) is 0 Å². The topological polar surface area (TPSA) is 44.9 Å². The number of fused-ring (bicyclic) bond motifs is 1. The molecule has 0 amide bonds. The third kappa shape index (κ3) is 3.31. The lowest BCUT2D eigenvalue weighted by molar-refractivity contribution is 0.0947. The number of nitrogens with one attached hydrogen (secondary N) is 2. The fraction of sp³-hybridized carbons (Fsp3) is 0.211. The highest BCUT2D eigenvalue weighted by atomic mass is 35.5. The first-order valence-corrected chi connectivity index (χ1v) is 8.06. The summed E-state index contributed by atoms with van der Waals surface area (Å²) in [4.78, 5) is 15.9. The van der Waals surface area contributed by atoms with Gasteiger partial charge >= 0.3 is 0 Å². The molecule has 0 unspecified atom stereocenters. The van der Waals surface area contributed by atoms with Gasteiger partial charge in [-0.15, -0.1) is 0 Å². The van der Waals surface area contributed by atoms with Crippen molar-refractivity contribution in [3.63, 3.8) is 0 Å². The molecule has 0 saturated heterocycles. The zero-order chi connectivity index (χ0) is 16.4. The highest BCUT2D eigenvalue weighted by Gasteiger charge is 2.20. The van der Waals surface area contributed by atoms with E-state index in [-0.39, 0.29) is 17.9 Å². The lowest BCUT2D eigenvalue weighted by atomic mass is 10.0. The van der Waals surface area contributed by atoms with E-state index in [1.807, 2.05) is 62.4 Å². The summed E-state index contributed by atoms with van der Waals surface area (Å²) in [7, 11) is 0. The van der Waals surface area contributed by atoms with Crippen LogP contribution in [0.1, 0.15) is 35.8 Å². The molecule has 3 rings (SSSR count). The zero-order valence-corrected chi connectivity index (χ0v) is 13.9. The van der Waals surface area contributed by atoms with Crippen LogP contribution in [0, 0.1) is 0 Å². The van der Waals surface area contributed by atoms with Gasteiger partial charge in [-0.3, -0.25) is 4.79 Å². The van der Waals surface area contributed by atoms with E-state index in [1.165, 1.54) is 0 Å². The lowest BCUT2D eigenvalue weighted by Gasteiger charge is -2.19. The second-order valence-electron chi connectivity index (χ2n) is 5.77. The van der Waals surface area contributed by atoms with Crippen LogP contribution in [0.25, 0.3) is 10.9 Å². The number of aromatic nitrogens is 1. The van der Waals surface area contributed by atoms with Crippen molar-refractivity contribution in [3.8, 4) is 0 Å². The average molecular weight is 327 g/mol. The number of para-hydroxylation sites is 1. The van der Waals surface area contributed by atoms with Crippen LogP contribution in [0.3, 0.4) is 0 Å². The number of ketones is 1. The molecule has 3 aromatic rings. The molecule has 0 aliphatic heterocycles. The summed E-state index contributed by atoms with van der Waals surface area (Å²) in [5.74, 6) is 0.0864. The predicted octanol–water partition coefficient (Wildman–Crippen LogP) is 4.74. The first-order chi connectivity index (χ1) is 11.1. The number of hydrogen-bond donors (Lipinski definition) is 2. The van der Waals surface area contributed by atoms with Crippen LogP contribution in [-0.4, -0.2) is 16.8 Å². The fourth-order valence-electron chi connectivity index (χ4n) is 2.81. The zero-order valence-electron chi connectivity index (χ0n) is 13.1. The SMILES string of the molecule is C[C@H](N[C@H](C)C(=O)c1c[nH]c2ccccc12)c1ccc(Cl)cc1. The van der Waals surface area contributed by atoms with Crippen molar-refractivity contribution in [1.29, 1.82) is 0 Å². The van der Waals surface area contributed by atoms with E-state index in [0.717, 1.165) is 22.0 Å².